The van der Waals surface area contributed by atoms with Gasteiger partial charge in [-0.3, -0.25) is 4.79 Å². The summed E-state index contributed by atoms with van der Waals surface area (Å²) in [6.07, 6.45) is 6.31. The van der Waals surface area contributed by atoms with E-state index in [-0.39, 0.29) is 13.3 Å². The fourth-order valence-electron chi connectivity index (χ4n) is 5.07. The van der Waals surface area contributed by atoms with Crippen molar-refractivity contribution in [3.63, 3.8) is 0 Å². The molecule has 1 aliphatic heterocycles. The zero-order chi connectivity index (χ0) is 23.7. The number of benzene rings is 1. The Hall–Kier alpha value is -3.48. The SMILES string of the molecule is C.Cc1nn(-c2ccc3ncc(C)n3n2)c(C)c1CCC(=O)N1CCC(Cc2ccccc2)CC1. The molecular formula is C28H36N6O. The van der Waals surface area contributed by atoms with Crippen molar-refractivity contribution in [3.05, 3.63) is 76.9 Å². The maximum Gasteiger partial charge on any atom is 0.222 e. The molecule has 0 radical (unpaired) electrons. The quantitative estimate of drug-likeness (QED) is 0.401. The van der Waals surface area contributed by atoms with E-state index < -0.39 is 0 Å². The number of rotatable bonds is 6. The Kier molecular flexibility index (Phi) is 7.34. The normalized spacial score (nSPS) is 14.3. The van der Waals surface area contributed by atoms with E-state index in [0.717, 1.165) is 66.5 Å². The van der Waals surface area contributed by atoms with Crippen LogP contribution in [0.3, 0.4) is 0 Å². The summed E-state index contributed by atoms with van der Waals surface area (Å²) in [5.74, 6) is 1.67. The molecule has 7 nitrogen and oxygen atoms in total. The molecule has 0 saturated carbocycles. The lowest BCUT2D eigenvalue weighted by atomic mass is 9.90. The highest BCUT2D eigenvalue weighted by Gasteiger charge is 2.24. The highest BCUT2D eigenvalue weighted by Crippen LogP contribution is 2.23. The van der Waals surface area contributed by atoms with Crippen LogP contribution in [0.4, 0.5) is 0 Å². The molecule has 4 aromatic rings. The average Bonchev–Trinajstić information content (AvgIpc) is 3.37. The van der Waals surface area contributed by atoms with Crippen molar-refractivity contribution in [1.82, 2.24) is 29.3 Å². The number of hydrogen-bond acceptors (Lipinski definition) is 4. The molecule has 3 aromatic heterocycles. The Labute approximate surface area is 207 Å². The molecule has 1 fully saturated rings. The molecule has 0 unspecified atom stereocenters. The van der Waals surface area contributed by atoms with Crippen LogP contribution >= 0.6 is 0 Å². The summed E-state index contributed by atoms with van der Waals surface area (Å²) in [4.78, 5) is 19.4. The molecule has 0 N–H and O–H groups in total. The van der Waals surface area contributed by atoms with Crippen LogP contribution in [0, 0.1) is 26.7 Å². The van der Waals surface area contributed by atoms with Gasteiger partial charge in [0.05, 0.1) is 17.6 Å². The summed E-state index contributed by atoms with van der Waals surface area (Å²) in [7, 11) is 0. The van der Waals surface area contributed by atoms with Gasteiger partial charge in [0.25, 0.3) is 0 Å². The lowest BCUT2D eigenvalue weighted by molar-refractivity contribution is -0.132. The molecule has 0 aliphatic carbocycles. The first-order valence-corrected chi connectivity index (χ1v) is 12.2. The monoisotopic (exact) mass is 472 g/mol. The van der Waals surface area contributed by atoms with Crippen molar-refractivity contribution >= 4 is 11.6 Å². The number of carbonyl (C=O) groups is 1. The number of piperidine rings is 1. The van der Waals surface area contributed by atoms with Gasteiger partial charge >= 0.3 is 0 Å². The molecule has 0 atom stereocenters. The highest BCUT2D eigenvalue weighted by molar-refractivity contribution is 5.76. The van der Waals surface area contributed by atoms with Crippen LogP contribution in [0.25, 0.3) is 11.5 Å². The number of imidazole rings is 1. The minimum absolute atomic E-state index is 0. The first-order valence-electron chi connectivity index (χ1n) is 12.2. The van der Waals surface area contributed by atoms with Gasteiger partial charge in [0.1, 0.15) is 0 Å². The molecule has 1 saturated heterocycles. The van der Waals surface area contributed by atoms with Crippen LogP contribution in [0.1, 0.15) is 54.9 Å². The molecule has 1 aromatic carbocycles. The smallest absolute Gasteiger partial charge is 0.222 e. The first-order chi connectivity index (χ1) is 16.5. The van der Waals surface area contributed by atoms with Gasteiger partial charge in [0.2, 0.25) is 5.91 Å². The summed E-state index contributed by atoms with van der Waals surface area (Å²) >= 11 is 0. The molecule has 4 heterocycles. The Morgan fingerprint density at radius 3 is 2.49 bits per heavy atom. The molecule has 35 heavy (non-hydrogen) atoms. The van der Waals surface area contributed by atoms with Crippen LogP contribution in [0.5, 0.6) is 0 Å². The van der Waals surface area contributed by atoms with E-state index in [1.807, 2.05) is 46.3 Å². The van der Waals surface area contributed by atoms with Gasteiger partial charge in [0.15, 0.2) is 11.5 Å². The van der Waals surface area contributed by atoms with E-state index in [4.69, 9.17) is 10.2 Å². The van der Waals surface area contributed by atoms with Crippen molar-refractivity contribution < 1.29 is 4.79 Å². The Morgan fingerprint density at radius 1 is 1.00 bits per heavy atom. The van der Waals surface area contributed by atoms with Gasteiger partial charge in [-0.25, -0.2) is 14.2 Å². The van der Waals surface area contributed by atoms with Crippen LogP contribution < -0.4 is 0 Å². The largest absolute Gasteiger partial charge is 0.343 e. The summed E-state index contributed by atoms with van der Waals surface area (Å²) in [6.45, 7) is 7.78. The number of aromatic nitrogens is 5. The van der Waals surface area contributed by atoms with Gasteiger partial charge in [-0.15, -0.1) is 5.10 Å². The molecule has 0 bridgehead atoms. The predicted octanol–water partition coefficient (Wildman–Crippen LogP) is 4.89. The summed E-state index contributed by atoms with van der Waals surface area (Å²) in [5.41, 5.74) is 6.33. The Balaban J connectivity index is 0.00000289. The second-order valence-electron chi connectivity index (χ2n) is 9.44. The molecule has 1 aliphatic rings. The number of fused-ring (bicyclic) bond motifs is 1. The predicted molar refractivity (Wildman–Crippen MR) is 139 cm³/mol. The van der Waals surface area contributed by atoms with Crippen LogP contribution in [0.15, 0.2) is 48.7 Å². The van der Waals surface area contributed by atoms with Crippen molar-refractivity contribution in [2.24, 2.45) is 5.92 Å². The minimum Gasteiger partial charge on any atom is -0.343 e. The van der Waals surface area contributed by atoms with Crippen molar-refractivity contribution in [2.75, 3.05) is 13.1 Å². The number of hydrogen-bond donors (Lipinski definition) is 0. The zero-order valence-corrected chi connectivity index (χ0v) is 20.2. The van der Waals surface area contributed by atoms with E-state index in [1.54, 1.807) is 0 Å². The van der Waals surface area contributed by atoms with Crippen molar-refractivity contribution in [3.8, 4) is 5.82 Å². The summed E-state index contributed by atoms with van der Waals surface area (Å²) in [5, 5.41) is 9.44. The maximum absolute atomic E-state index is 13.0. The first kappa shape index (κ1) is 24.6. The zero-order valence-electron chi connectivity index (χ0n) is 20.2. The van der Waals surface area contributed by atoms with E-state index in [1.165, 1.54) is 5.56 Å². The topological polar surface area (TPSA) is 68.3 Å². The number of aryl methyl sites for hydroxylation is 2. The van der Waals surface area contributed by atoms with Crippen LogP contribution in [0.2, 0.25) is 0 Å². The number of nitrogens with zero attached hydrogens (tertiary/aromatic N) is 6. The summed E-state index contributed by atoms with van der Waals surface area (Å²) < 4.78 is 3.71. The highest BCUT2D eigenvalue weighted by atomic mass is 16.2. The second-order valence-corrected chi connectivity index (χ2v) is 9.44. The molecule has 184 valence electrons. The number of carbonyl (C=O) groups excluding carboxylic acids is 1. The Morgan fingerprint density at radius 2 is 1.74 bits per heavy atom. The van der Waals surface area contributed by atoms with Crippen molar-refractivity contribution in [2.45, 2.75) is 60.3 Å². The minimum atomic E-state index is 0. The third-order valence-corrected chi connectivity index (χ3v) is 7.10. The third kappa shape index (κ3) is 5.14. The van der Waals surface area contributed by atoms with Gasteiger partial charge in [-0.1, -0.05) is 37.8 Å². The maximum atomic E-state index is 13.0. The lowest BCUT2D eigenvalue weighted by Crippen LogP contribution is -2.39. The fraction of sp³-hybridized carbons (Fsp3) is 0.429. The second kappa shape index (κ2) is 10.4. The van der Waals surface area contributed by atoms with E-state index in [0.29, 0.717) is 18.8 Å². The van der Waals surface area contributed by atoms with E-state index >= 15 is 0 Å². The van der Waals surface area contributed by atoms with Crippen LogP contribution in [-0.4, -0.2) is 48.3 Å². The van der Waals surface area contributed by atoms with Gasteiger partial charge in [0, 0.05) is 25.2 Å². The lowest BCUT2D eigenvalue weighted by Gasteiger charge is -2.32. The standard InChI is InChI=1S/C27H32N6O.CH4/c1-19-18-28-25-10-11-26(30-32(19)25)33-21(3)24(20(2)29-33)9-12-27(34)31-15-13-23(14-16-31)17-22-7-5-4-6-8-22;/h4-8,10-11,18,23H,9,12-17H2,1-3H3;1H4. The van der Waals surface area contributed by atoms with Gasteiger partial charge in [-0.05, 0) is 75.6 Å². The number of likely N-dealkylation sites (tertiary alicyclic amines) is 1. The fourth-order valence-corrected chi connectivity index (χ4v) is 5.07. The number of amides is 1. The Bertz CT molecular complexity index is 1300. The molecule has 5 rings (SSSR count). The van der Waals surface area contributed by atoms with E-state index in [2.05, 4.69) is 42.2 Å². The average molecular weight is 473 g/mol. The van der Waals surface area contributed by atoms with Crippen molar-refractivity contribution in [1.29, 1.82) is 0 Å². The van der Waals surface area contributed by atoms with Crippen LogP contribution in [-0.2, 0) is 17.6 Å². The van der Waals surface area contributed by atoms with E-state index in [9.17, 15) is 4.79 Å². The molecule has 1 amide bonds. The van der Waals surface area contributed by atoms with Gasteiger partial charge in [-0.2, -0.15) is 5.10 Å². The molecule has 0 spiro atoms. The third-order valence-electron chi connectivity index (χ3n) is 7.10. The molecule has 7 heteroatoms. The molecular weight excluding hydrogens is 436 g/mol. The van der Waals surface area contributed by atoms with Gasteiger partial charge < -0.3 is 4.90 Å². The summed E-state index contributed by atoms with van der Waals surface area (Å²) in [6, 6.07) is 14.6.